The fourth-order valence-electron chi connectivity index (χ4n) is 1.44. The summed E-state index contributed by atoms with van der Waals surface area (Å²) in [4.78, 5) is 21.5. The van der Waals surface area contributed by atoms with Gasteiger partial charge in [-0.1, -0.05) is 28.2 Å². The molecule has 6 N–H and O–H groups in total. The maximum absolute atomic E-state index is 11.0. The van der Waals surface area contributed by atoms with E-state index in [1.807, 2.05) is 0 Å². The molecule has 0 aliphatic rings. The van der Waals surface area contributed by atoms with E-state index in [2.05, 4.69) is 11.9 Å². The summed E-state index contributed by atoms with van der Waals surface area (Å²) in [6, 6.07) is 5.55. The Balaban J connectivity index is 2.35. The standard InChI is InChI=1S/C15H21N3O4S2/c1-9(13(16)7-23-24-8-14(17)15(20)21)22-12-5-3-11(4-6-12)18-10(2)19/h3-6,13-14H,1,7-8,16-17H2,2H3,(H,18,19)(H,20,21). The Bertz CT molecular complexity index is 581. The Hall–Kier alpha value is -1.68. The quantitative estimate of drug-likeness (QED) is 0.278. The first-order chi connectivity index (χ1) is 11.3. The topological polar surface area (TPSA) is 128 Å². The number of benzene rings is 1. The average Bonchev–Trinajstić information content (AvgIpc) is 2.52. The van der Waals surface area contributed by atoms with Gasteiger partial charge >= 0.3 is 5.97 Å². The molecule has 0 saturated heterocycles. The van der Waals surface area contributed by atoms with Crippen molar-refractivity contribution in [3.05, 3.63) is 36.6 Å². The van der Waals surface area contributed by atoms with Crippen molar-refractivity contribution in [2.75, 3.05) is 16.8 Å². The molecule has 0 saturated carbocycles. The molecule has 2 atom stereocenters. The van der Waals surface area contributed by atoms with Crippen LogP contribution in [0.3, 0.4) is 0 Å². The number of aliphatic carboxylic acids is 1. The smallest absolute Gasteiger partial charge is 0.321 e. The molecule has 0 aliphatic heterocycles. The zero-order valence-corrected chi connectivity index (χ0v) is 14.9. The van der Waals surface area contributed by atoms with Gasteiger partial charge in [0.25, 0.3) is 0 Å². The highest BCUT2D eigenvalue weighted by Gasteiger charge is 2.14. The zero-order valence-electron chi connectivity index (χ0n) is 13.2. The van der Waals surface area contributed by atoms with E-state index in [1.54, 1.807) is 24.3 Å². The van der Waals surface area contributed by atoms with Crippen LogP contribution in [-0.4, -0.2) is 40.6 Å². The highest BCUT2D eigenvalue weighted by atomic mass is 33.1. The third kappa shape index (κ3) is 7.73. The van der Waals surface area contributed by atoms with Crippen molar-refractivity contribution < 1.29 is 19.4 Å². The van der Waals surface area contributed by atoms with Crippen LogP contribution in [0.1, 0.15) is 6.92 Å². The summed E-state index contributed by atoms with van der Waals surface area (Å²) in [6.45, 7) is 5.24. The molecular formula is C15H21N3O4S2. The SMILES string of the molecule is C=C(Oc1ccc(NC(C)=O)cc1)C(N)CSSCC(N)C(=O)O. The highest BCUT2D eigenvalue weighted by molar-refractivity contribution is 8.76. The third-order valence-electron chi connectivity index (χ3n) is 2.73. The fraction of sp³-hybridized carbons (Fsp3) is 0.333. The van der Waals surface area contributed by atoms with Crippen LogP contribution >= 0.6 is 21.6 Å². The van der Waals surface area contributed by atoms with Crippen LogP contribution in [-0.2, 0) is 9.59 Å². The van der Waals surface area contributed by atoms with Gasteiger partial charge in [0.15, 0.2) is 0 Å². The van der Waals surface area contributed by atoms with Crippen molar-refractivity contribution in [3.8, 4) is 5.75 Å². The molecule has 0 radical (unpaired) electrons. The predicted octanol–water partition coefficient (Wildman–Crippen LogP) is 1.66. The Morgan fingerprint density at radius 1 is 1.21 bits per heavy atom. The summed E-state index contributed by atoms with van der Waals surface area (Å²) < 4.78 is 5.58. The summed E-state index contributed by atoms with van der Waals surface area (Å²) in [7, 11) is 2.76. The Morgan fingerprint density at radius 3 is 2.25 bits per heavy atom. The first kappa shape index (κ1) is 20.4. The molecule has 0 heterocycles. The monoisotopic (exact) mass is 371 g/mol. The maximum atomic E-state index is 11.0. The summed E-state index contributed by atoms with van der Waals surface area (Å²) in [5, 5.41) is 11.3. The lowest BCUT2D eigenvalue weighted by atomic mass is 10.3. The molecule has 0 aromatic heterocycles. The van der Waals surface area contributed by atoms with Crippen molar-refractivity contribution in [1.29, 1.82) is 0 Å². The molecule has 0 spiro atoms. The molecule has 1 aromatic rings. The second-order valence-electron chi connectivity index (χ2n) is 4.89. The van der Waals surface area contributed by atoms with Crippen LogP contribution in [0, 0.1) is 0 Å². The summed E-state index contributed by atoms with van der Waals surface area (Å²) >= 11 is 0. The molecule has 7 nitrogen and oxygen atoms in total. The number of carbonyl (C=O) groups excluding carboxylic acids is 1. The van der Waals surface area contributed by atoms with Gasteiger partial charge in [0.05, 0.1) is 6.04 Å². The Kier molecular flexibility index (Phi) is 8.69. The van der Waals surface area contributed by atoms with Gasteiger partial charge in [0.1, 0.15) is 17.6 Å². The van der Waals surface area contributed by atoms with Crippen LogP contribution < -0.4 is 21.5 Å². The number of carboxylic acid groups (broad SMARTS) is 1. The number of hydrogen-bond acceptors (Lipinski definition) is 7. The van der Waals surface area contributed by atoms with Crippen molar-refractivity contribution >= 4 is 39.2 Å². The first-order valence-electron chi connectivity index (χ1n) is 7.02. The second-order valence-corrected chi connectivity index (χ2v) is 7.45. The van der Waals surface area contributed by atoms with E-state index in [4.69, 9.17) is 21.3 Å². The van der Waals surface area contributed by atoms with Crippen LogP contribution in [0.5, 0.6) is 5.75 Å². The number of rotatable bonds is 10. The van der Waals surface area contributed by atoms with Gasteiger partial charge in [0.2, 0.25) is 5.91 Å². The highest BCUT2D eigenvalue weighted by Crippen LogP contribution is 2.24. The minimum atomic E-state index is -1.03. The van der Waals surface area contributed by atoms with Crippen LogP contribution in [0.2, 0.25) is 0 Å². The van der Waals surface area contributed by atoms with E-state index in [0.717, 1.165) is 0 Å². The number of anilines is 1. The van der Waals surface area contributed by atoms with Gasteiger partial charge in [-0.2, -0.15) is 0 Å². The summed E-state index contributed by atoms with van der Waals surface area (Å²) in [6.07, 6.45) is 0. The summed E-state index contributed by atoms with van der Waals surface area (Å²) in [5.74, 6) is 0.605. The van der Waals surface area contributed by atoms with Crippen molar-refractivity contribution in [2.45, 2.75) is 19.0 Å². The average molecular weight is 371 g/mol. The van der Waals surface area contributed by atoms with Gasteiger partial charge in [-0.3, -0.25) is 9.59 Å². The van der Waals surface area contributed by atoms with E-state index >= 15 is 0 Å². The molecule has 1 rings (SSSR count). The second kappa shape index (κ2) is 10.2. The number of ether oxygens (including phenoxy) is 1. The largest absolute Gasteiger partial charge is 0.480 e. The van der Waals surface area contributed by atoms with E-state index < -0.39 is 18.1 Å². The van der Waals surface area contributed by atoms with E-state index in [0.29, 0.717) is 28.7 Å². The van der Waals surface area contributed by atoms with E-state index in [9.17, 15) is 9.59 Å². The first-order valence-corrected chi connectivity index (χ1v) is 9.51. The van der Waals surface area contributed by atoms with E-state index in [-0.39, 0.29) is 5.91 Å². The lowest BCUT2D eigenvalue weighted by molar-refractivity contribution is -0.137. The van der Waals surface area contributed by atoms with Crippen LogP contribution in [0.4, 0.5) is 5.69 Å². The van der Waals surface area contributed by atoms with Crippen molar-refractivity contribution in [3.63, 3.8) is 0 Å². The molecule has 0 aliphatic carbocycles. The molecule has 1 aromatic carbocycles. The lowest BCUT2D eigenvalue weighted by Gasteiger charge is -2.16. The van der Waals surface area contributed by atoms with Gasteiger partial charge < -0.3 is 26.6 Å². The summed E-state index contributed by atoms with van der Waals surface area (Å²) in [5.41, 5.74) is 12.1. The van der Waals surface area contributed by atoms with Gasteiger partial charge in [0, 0.05) is 24.1 Å². The zero-order chi connectivity index (χ0) is 18.1. The molecule has 1 amide bonds. The van der Waals surface area contributed by atoms with E-state index in [1.165, 1.54) is 28.5 Å². The van der Waals surface area contributed by atoms with Gasteiger partial charge in [-0.05, 0) is 24.3 Å². The Morgan fingerprint density at radius 2 is 1.75 bits per heavy atom. The van der Waals surface area contributed by atoms with Crippen molar-refractivity contribution in [1.82, 2.24) is 0 Å². The minimum absolute atomic E-state index is 0.146. The predicted molar refractivity (Wildman–Crippen MR) is 99.0 cm³/mol. The van der Waals surface area contributed by atoms with Crippen LogP contribution in [0.15, 0.2) is 36.6 Å². The number of carbonyl (C=O) groups is 2. The third-order valence-corrected chi connectivity index (χ3v) is 5.21. The number of hydrogen-bond donors (Lipinski definition) is 4. The number of amides is 1. The Labute approximate surface area is 148 Å². The maximum Gasteiger partial charge on any atom is 0.321 e. The molecule has 2 unspecified atom stereocenters. The minimum Gasteiger partial charge on any atom is -0.480 e. The normalized spacial score (nSPS) is 13.0. The molecule has 132 valence electrons. The molecule has 0 fully saturated rings. The van der Waals surface area contributed by atoms with Crippen molar-refractivity contribution in [2.24, 2.45) is 11.5 Å². The van der Waals surface area contributed by atoms with Crippen LogP contribution in [0.25, 0.3) is 0 Å². The molecular weight excluding hydrogens is 350 g/mol. The van der Waals surface area contributed by atoms with Gasteiger partial charge in [-0.25, -0.2) is 0 Å². The number of nitrogens with two attached hydrogens (primary N) is 2. The lowest BCUT2D eigenvalue weighted by Crippen LogP contribution is -2.32. The molecule has 24 heavy (non-hydrogen) atoms. The fourth-order valence-corrected chi connectivity index (χ4v) is 3.71. The molecule has 0 bridgehead atoms. The molecule has 9 heteroatoms. The van der Waals surface area contributed by atoms with Gasteiger partial charge in [-0.15, -0.1) is 0 Å². The number of carboxylic acids is 1. The number of nitrogens with one attached hydrogen (secondary N) is 1.